The van der Waals surface area contributed by atoms with E-state index in [1.165, 1.54) is 6.07 Å². The Hall–Kier alpha value is -2.34. The minimum Gasteiger partial charge on any atom is -0.507 e. The summed E-state index contributed by atoms with van der Waals surface area (Å²) in [6.07, 6.45) is 2.07. The predicted molar refractivity (Wildman–Crippen MR) is 95.9 cm³/mol. The van der Waals surface area contributed by atoms with Crippen LogP contribution in [0.5, 0.6) is 5.75 Å². The Morgan fingerprint density at radius 2 is 2.04 bits per heavy atom. The van der Waals surface area contributed by atoms with Crippen LogP contribution < -0.4 is 10.9 Å². The van der Waals surface area contributed by atoms with E-state index in [1.807, 2.05) is 20.8 Å². The van der Waals surface area contributed by atoms with Gasteiger partial charge in [-0.25, -0.2) is 4.79 Å². The lowest BCUT2D eigenvalue weighted by Gasteiger charge is -2.17. The van der Waals surface area contributed by atoms with Gasteiger partial charge >= 0.3 is 11.6 Å². The van der Waals surface area contributed by atoms with Crippen LogP contribution in [0.15, 0.2) is 27.4 Å². The zero-order valence-electron chi connectivity index (χ0n) is 14.8. The van der Waals surface area contributed by atoms with Gasteiger partial charge in [-0.3, -0.25) is 4.79 Å². The number of hydrogen-bond donors (Lipinski definition) is 3. The number of hydrogen-bond acceptors (Lipinski definition) is 5. The average Bonchev–Trinajstić information content (AvgIpc) is 2.52. The summed E-state index contributed by atoms with van der Waals surface area (Å²) in [4.78, 5) is 23.3. The third-order valence-corrected chi connectivity index (χ3v) is 4.13. The van der Waals surface area contributed by atoms with Crippen molar-refractivity contribution in [1.82, 2.24) is 5.32 Å². The van der Waals surface area contributed by atoms with E-state index in [2.05, 4.69) is 5.32 Å². The van der Waals surface area contributed by atoms with Crippen LogP contribution in [-0.4, -0.2) is 22.2 Å². The molecule has 3 N–H and O–H groups in total. The Labute approximate surface area is 146 Å². The number of aromatic hydroxyl groups is 1. The smallest absolute Gasteiger partial charge is 0.336 e. The van der Waals surface area contributed by atoms with Crippen molar-refractivity contribution in [1.29, 1.82) is 0 Å². The second kappa shape index (κ2) is 8.16. The Bertz CT molecular complexity index is 809. The van der Waals surface area contributed by atoms with E-state index >= 15 is 0 Å². The standard InChI is InChI=1S/C19H25NO5/c1-4-5-12-9-17(22)25-18-13(12)6-7-16(21)14(18)10-20-15(19(23)24)8-11(2)3/h6-7,9,11,15,20-21H,4-5,8,10H2,1-3H3,(H,23,24). The minimum atomic E-state index is -0.943. The van der Waals surface area contributed by atoms with Crippen molar-refractivity contribution in [3.8, 4) is 5.75 Å². The Morgan fingerprint density at radius 3 is 2.64 bits per heavy atom. The first kappa shape index (κ1) is 19.0. The summed E-state index contributed by atoms with van der Waals surface area (Å²) in [6, 6.07) is 4.01. The molecule has 0 spiro atoms. The molecule has 1 heterocycles. The van der Waals surface area contributed by atoms with E-state index in [1.54, 1.807) is 12.1 Å². The van der Waals surface area contributed by atoms with Gasteiger partial charge in [-0.1, -0.05) is 27.2 Å². The molecule has 2 aromatic rings. The molecule has 0 bridgehead atoms. The lowest BCUT2D eigenvalue weighted by Crippen LogP contribution is -2.37. The van der Waals surface area contributed by atoms with Gasteiger partial charge in [-0.2, -0.15) is 0 Å². The highest BCUT2D eigenvalue weighted by molar-refractivity contribution is 5.85. The highest BCUT2D eigenvalue weighted by Crippen LogP contribution is 2.29. The second-order valence-corrected chi connectivity index (χ2v) is 6.68. The van der Waals surface area contributed by atoms with Crippen LogP contribution >= 0.6 is 0 Å². The van der Waals surface area contributed by atoms with Crippen molar-refractivity contribution in [3.05, 3.63) is 39.7 Å². The maximum atomic E-state index is 11.9. The SMILES string of the molecule is CCCc1cc(=O)oc2c(CNC(CC(C)C)C(=O)O)c(O)ccc12. The number of phenols is 1. The van der Waals surface area contributed by atoms with E-state index < -0.39 is 17.6 Å². The second-order valence-electron chi connectivity index (χ2n) is 6.68. The maximum Gasteiger partial charge on any atom is 0.336 e. The molecule has 0 saturated heterocycles. The summed E-state index contributed by atoms with van der Waals surface area (Å²) < 4.78 is 5.33. The molecule has 1 unspecified atom stereocenters. The van der Waals surface area contributed by atoms with Gasteiger partial charge in [0.2, 0.25) is 0 Å². The lowest BCUT2D eigenvalue weighted by molar-refractivity contribution is -0.140. The van der Waals surface area contributed by atoms with Gasteiger partial charge in [0.15, 0.2) is 0 Å². The van der Waals surface area contributed by atoms with Crippen LogP contribution in [0.2, 0.25) is 0 Å². The molecule has 0 aliphatic carbocycles. The van der Waals surface area contributed by atoms with Gasteiger partial charge in [0.05, 0.1) is 5.56 Å². The molecule has 0 aliphatic heterocycles. The molecular weight excluding hydrogens is 322 g/mol. The van der Waals surface area contributed by atoms with Crippen molar-refractivity contribution >= 4 is 16.9 Å². The Kier molecular flexibility index (Phi) is 6.20. The first-order valence-electron chi connectivity index (χ1n) is 8.57. The van der Waals surface area contributed by atoms with Crippen molar-refractivity contribution in [3.63, 3.8) is 0 Å². The van der Waals surface area contributed by atoms with Crippen molar-refractivity contribution in [2.45, 2.75) is 52.6 Å². The normalized spacial score (nSPS) is 12.6. The number of fused-ring (bicyclic) bond motifs is 1. The molecule has 6 nitrogen and oxygen atoms in total. The van der Waals surface area contributed by atoms with Crippen molar-refractivity contribution in [2.75, 3.05) is 0 Å². The molecule has 25 heavy (non-hydrogen) atoms. The molecular formula is C19H25NO5. The molecule has 0 aliphatic rings. The molecule has 6 heteroatoms. The van der Waals surface area contributed by atoms with Gasteiger partial charge in [0.25, 0.3) is 0 Å². The number of nitrogens with one attached hydrogen (secondary N) is 1. The quantitative estimate of drug-likeness (QED) is 0.635. The van der Waals surface area contributed by atoms with Crippen LogP contribution in [-0.2, 0) is 17.8 Å². The largest absolute Gasteiger partial charge is 0.507 e. The number of aliphatic carboxylic acids is 1. The van der Waals surface area contributed by atoms with Gasteiger partial charge < -0.3 is 19.9 Å². The molecule has 136 valence electrons. The van der Waals surface area contributed by atoms with Crippen LogP contribution in [0.1, 0.15) is 44.7 Å². The molecule has 0 fully saturated rings. The highest BCUT2D eigenvalue weighted by atomic mass is 16.4. The number of carbonyl (C=O) groups is 1. The maximum absolute atomic E-state index is 11.9. The predicted octanol–water partition coefficient (Wildman–Crippen LogP) is 3.04. The first-order chi connectivity index (χ1) is 11.8. The van der Waals surface area contributed by atoms with Gasteiger partial charge in [-0.15, -0.1) is 0 Å². The summed E-state index contributed by atoms with van der Waals surface area (Å²) in [5.41, 5.74) is 1.12. The fourth-order valence-electron chi connectivity index (χ4n) is 2.95. The van der Waals surface area contributed by atoms with Gasteiger partial charge in [-0.05, 0) is 36.5 Å². The number of carboxylic acids is 1. The van der Waals surface area contributed by atoms with E-state index in [9.17, 15) is 19.8 Å². The lowest BCUT2D eigenvalue weighted by atomic mass is 10.0. The van der Waals surface area contributed by atoms with Gasteiger partial charge in [0.1, 0.15) is 17.4 Å². The minimum absolute atomic E-state index is 0.0227. The average molecular weight is 347 g/mol. The first-order valence-corrected chi connectivity index (χ1v) is 8.57. The van der Waals surface area contributed by atoms with E-state index in [0.717, 1.165) is 23.8 Å². The number of rotatable bonds is 8. The zero-order valence-corrected chi connectivity index (χ0v) is 14.8. The van der Waals surface area contributed by atoms with Gasteiger partial charge in [0, 0.05) is 18.0 Å². The fraction of sp³-hybridized carbons (Fsp3) is 0.474. The molecule has 1 aromatic heterocycles. The molecule has 0 amide bonds. The summed E-state index contributed by atoms with van der Waals surface area (Å²) in [7, 11) is 0. The highest BCUT2D eigenvalue weighted by Gasteiger charge is 2.20. The van der Waals surface area contributed by atoms with E-state index in [4.69, 9.17) is 4.42 Å². The molecule has 0 saturated carbocycles. The van der Waals surface area contributed by atoms with Crippen LogP contribution in [0.3, 0.4) is 0 Å². The summed E-state index contributed by atoms with van der Waals surface area (Å²) >= 11 is 0. The third-order valence-electron chi connectivity index (χ3n) is 4.13. The zero-order chi connectivity index (χ0) is 18.6. The summed E-state index contributed by atoms with van der Waals surface area (Å²) in [5, 5.41) is 23.3. The molecule has 1 aromatic carbocycles. The number of benzene rings is 1. The topological polar surface area (TPSA) is 99.8 Å². The van der Waals surface area contributed by atoms with Crippen LogP contribution in [0.25, 0.3) is 11.0 Å². The Morgan fingerprint density at radius 1 is 1.32 bits per heavy atom. The summed E-state index contributed by atoms with van der Waals surface area (Å²) in [5.74, 6) is -0.754. The number of aryl methyl sites for hydroxylation is 1. The molecule has 2 rings (SSSR count). The number of phenolic OH excluding ortho intramolecular Hbond substituents is 1. The summed E-state index contributed by atoms with van der Waals surface area (Å²) in [6.45, 7) is 6.02. The molecule has 0 radical (unpaired) electrons. The van der Waals surface area contributed by atoms with Crippen molar-refractivity contribution in [2.24, 2.45) is 5.92 Å². The number of carboxylic acid groups (broad SMARTS) is 1. The Balaban J connectivity index is 2.41. The van der Waals surface area contributed by atoms with Crippen LogP contribution in [0, 0.1) is 5.92 Å². The van der Waals surface area contributed by atoms with E-state index in [-0.39, 0.29) is 18.2 Å². The van der Waals surface area contributed by atoms with E-state index in [0.29, 0.717) is 17.6 Å². The van der Waals surface area contributed by atoms with Crippen molar-refractivity contribution < 1.29 is 19.4 Å². The van der Waals surface area contributed by atoms with Crippen LogP contribution in [0.4, 0.5) is 0 Å². The monoisotopic (exact) mass is 347 g/mol. The third kappa shape index (κ3) is 4.60. The fourth-order valence-corrected chi connectivity index (χ4v) is 2.95. The molecule has 1 atom stereocenters.